The number of fused-ring (bicyclic) bond motifs is 10. The summed E-state index contributed by atoms with van der Waals surface area (Å²) in [5, 5.41) is 5.66. The number of nitrogens with zero attached hydrogens (tertiary/aromatic N) is 3. The Kier molecular flexibility index (Phi) is 5.70. The van der Waals surface area contributed by atoms with Gasteiger partial charge in [0, 0.05) is 49.2 Å². The van der Waals surface area contributed by atoms with E-state index in [1.54, 1.807) is 0 Å². The summed E-state index contributed by atoms with van der Waals surface area (Å²) < 4.78 is 8.69. The van der Waals surface area contributed by atoms with Gasteiger partial charge in [0.1, 0.15) is 11.2 Å². The van der Waals surface area contributed by atoms with Crippen LogP contribution in [0.1, 0.15) is 25.0 Å². The van der Waals surface area contributed by atoms with Crippen molar-refractivity contribution in [2.24, 2.45) is 0 Å². The van der Waals surface area contributed by atoms with Crippen molar-refractivity contribution < 1.29 is 4.42 Å². The normalized spacial score (nSPS) is 13.5. The van der Waals surface area contributed by atoms with E-state index in [2.05, 4.69) is 146 Å². The fourth-order valence-electron chi connectivity index (χ4n) is 8.61. The Hall–Kier alpha value is -6.52. The van der Waals surface area contributed by atoms with Crippen LogP contribution in [0.2, 0.25) is 0 Å². The third-order valence-electron chi connectivity index (χ3n) is 11.0. The molecule has 51 heavy (non-hydrogen) atoms. The average Bonchev–Trinajstić information content (AvgIpc) is 3.79. The highest BCUT2D eigenvalue weighted by atomic mass is 16.3. The van der Waals surface area contributed by atoms with E-state index >= 15 is 0 Å². The monoisotopic (exact) mass is 653 g/mol. The first-order valence-electron chi connectivity index (χ1n) is 17.5. The van der Waals surface area contributed by atoms with Gasteiger partial charge in [-0.05, 0) is 70.8 Å². The summed E-state index contributed by atoms with van der Waals surface area (Å²) in [5.74, 6) is 0.689. The van der Waals surface area contributed by atoms with Crippen molar-refractivity contribution in [3.05, 3.63) is 163 Å². The number of benzene rings is 7. The zero-order valence-corrected chi connectivity index (χ0v) is 28.2. The topological polar surface area (TPSA) is 43.9 Å². The van der Waals surface area contributed by atoms with E-state index in [-0.39, 0.29) is 5.41 Å². The number of hydrogen-bond acceptors (Lipinski definition) is 3. The minimum atomic E-state index is -0.0955. The van der Waals surface area contributed by atoms with Crippen molar-refractivity contribution in [2.75, 3.05) is 0 Å². The van der Waals surface area contributed by atoms with Gasteiger partial charge in [0.05, 0.1) is 22.2 Å². The lowest BCUT2D eigenvalue weighted by molar-refractivity contribution is 0.661. The summed E-state index contributed by atoms with van der Waals surface area (Å²) in [6, 6.07) is 53.9. The summed E-state index contributed by atoms with van der Waals surface area (Å²) in [7, 11) is 0. The first kappa shape index (κ1) is 28.3. The van der Waals surface area contributed by atoms with Crippen molar-refractivity contribution in [3.63, 3.8) is 0 Å². The number of aromatic nitrogens is 3. The molecule has 0 atom stereocenters. The van der Waals surface area contributed by atoms with Gasteiger partial charge in [-0.1, -0.05) is 117 Å². The van der Waals surface area contributed by atoms with Gasteiger partial charge < -0.3 is 8.98 Å². The quantitative estimate of drug-likeness (QED) is 0.191. The summed E-state index contributed by atoms with van der Waals surface area (Å²) in [5.41, 5.74) is 14.3. The van der Waals surface area contributed by atoms with Crippen molar-refractivity contribution in [2.45, 2.75) is 19.3 Å². The molecule has 0 fully saturated rings. The van der Waals surface area contributed by atoms with Gasteiger partial charge >= 0.3 is 0 Å². The van der Waals surface area contributed by atoms with Crippen LogP contribution >= 0.6 is 0 Å². The maximum atomic E-state index is 6.28. The maximum absolute atomic E-state index is 6.28. The number of para-hydroxylation sites is 3. The SMILES string of the molecule is CC1(C)c2ccccc2-c2cc3c4ccccc4n(-c4cccc(-c5nc(-c6cccc7oc8ccccc8c67)c6ccccc6n5)c4)c3cc21. The first-order valence-corrected chi connectivity index (χ1v) is 17.5. The van der Waals surface area contributed by atoms with E-state index in [1.807, 2.05) is 24.3 Å². The van der Waals surface area contributed by atoms with Crippen LogP contribution in [0.15, 0.2) is 156 Å². The highest BCUT2D eigenvalue weighted by Gasteiger charge is 2.36. The molecule has 0 N–H and O–H groups in total. The number of furan rings is 1. The Morgan fingerprint density at radius 2 is 1.24 bits per heavy atom. The molecule has 10 aromatic rings. The molecule has 4 nitrogen and oxygen atoms in total. The van der Waals surface area contributed by atoms with Crippen LogP contribution in [0, 0.1) is 0 Å². The lowest BCUT2D eigenvalue weighted by atomic mass is 9.82. The van der Waals surface area contributed by atoms with Crippen molar-refractivity contribution in [1.82, 2.24) is 14.5 Å². The zero-order chi connectivity index (χ0) is 33.8. The molecule has 0 amide bonds. The van der Waals surface area contributed by atoms with E-state index in [0.29, 0.717) is 5.82 Å². The molecule has 7 aromatic carbocycles. The minimum Gasteiger partial charge on any atom is -0.456 e. The number of hydrogen-bond donors (Lipinski definition) is 0. The van der Waals surface area contributed by atoms with Crippen LogP contribution in [0.3, 0.4) is 0 Å². The second-order valence-electron chi connectivity index (χ2n) is 14.2. The summed E-state index contributed by atoms with van der Waals surface area (Å²) in [6.07, 6.45) is 0. The van der Waals surface area contributed by atoms with E-state index in [4.69, 9.17) is 14.4 Å². The van der Waals surface area contributed by atoms with Gasteiger partial charge in [0.2, 0.25) is 0 Å². The van der Waals surface area contributed by atoms with Gasteiger partial charge in [-0.25, -0.2) is 9.97 Å². The zero-order valence-electron chi connectivity index (χ0n) is 28.2. The van der Waals surface area contributed by atoms with Crippen LogP contribution < -0.4 is 0 Å². The molecule has 1 aliphatic carbocycles. The van der Waals surface area contributed by atoms with E-state index < -0.39 is 0 Å². The highest BCUT2D eigenvalue weighted by Crippen LogP contribution is 2.51. The second-order valence-corrected chi connectivity index (χ2v) is 14.2. The summed E-state index contributed by atoms with van der Waals surface area (Å²) >= 11 is 0. The molecular weight excluding hydrogens is 623 g/mol. The molecule has 0 saturated heterocycles. The summed E-state index contributed by atoms with van der Waals surface area (Å²) in [4.78, 5) is 10.5. The smallest absolute Gasteiger partial charge is 0.160 e. The third kappa shape index (κ3) is 3.96. The summed E-state index contributed by atoms with van der Waals surface area (Å²) in [6.45, 7) is 4.69. The molecule has 3 aromatic heterocycles. The fourth-order valence-corrected chi connectivity index (χ4v) is 8.61. The molecule has 0 unspecified atom stereocenters. The lowest BCUT2D eigenvalue weighted by Gasteiger charge is -2.21. The molecule has 4 heteroatoms. The fraction of sp³-hybridized carbons (Fsp3) is 0.0638. The van der Waals surface area contributed by atoms with Crippen molar-refractivity contribution in [3.8, 4) is 39.5 Å². The molecule has 240 valence electrons. The minimum absolute atomic E-state index is 0.0955. The molecule has 0 spiro atoms. The average molecular weight is 654 g/mol. The largest absolute Gasteiger partial charge is 0.456 e. The van der Waals surface area contributed by atoms with Gasteiger partial charge in [0.15, 0.2) is 5.82 Å². The van der Waals surface area contributed by atoms with E-state index in [1.165, 1.54) is 44.1 Å². The molecule has 0 radical (unpaired) electrons. The predicted molar refractivity (Wildman–Crippen MR) is 210 cm³/mol. The van der Waals surface area contributed by atoms with Crippen LogP contribution in [0.25, 0.3) is 94.1 Å². The van der Waals surface area contributed by atoms with Gasteiger partial charge in [-0.2, -0.15) is 0 Å². The van der Waals surface area contributed by atoms with Crippen LogP contribution in [0.5, 0.6) is 0 Å². The van der Waals surface area contributed by atoms with Gasteiger partial charge in [-0.15, -0.1) is 0 Å². The first-order chi connectivity index (χ1) is 25.0. The van der Waals surface area contributed by atoms with E-state index in [9.17, 15) is 0 Å². The van der Waals surface area contributed by atoms with Crippen LogP contribution in [-0.2, 0) is 5.41 Å². The van der Waals surface area contributed by atoms with Crippen molar-refractivity contribution >= 4 is 54.6 Å². The Balaban J connectivity index is 1.14. The Morgan fingerprint density at radius 1 is 0.510 bits per heavy atom. The third-order valence-corrected chi connectivity index (χ3v) is 11.0. The molecule has 0 bridgehead atoms. The van der Waals surface area contributed by atoms with Crippen LogP contribution in [-0.4, -0.2) is 14.5 Å². The Bertz CT molecular complexity index is 3070. The van der Waals surface area contributed by atoms with E-state index in [0.717, 1.165) is 55.3 Å². The Labute approximate surface area is 294 Å². The molecule has 11 rings (SSSR count). The molecule has 0 saturated carbocycles. The standard InChI is InChI=1S/C47H31N3O/c1-47(2)37-20-7-3-15-30(37)35-26-36-31-16-5-9-22-40(31)50(41(36)27-38(35)47)29-14-11-13-28(25-29)46-48-39-21-8-4-17-32(39)45(49-46)34-19-12-24-43-44(34)33-18-6-10-23-42(33)51-43/h3-27H,1-2H3. The molecular formula is C47H31N3O. The molecule has 3 heterocycles. The number of rotatable bonds is 3. The maximum Gasteiger partial charge on any atom is 0.160 e. The predicted octanol–water partition coefficient (Wildman–Crippen LogP) is 12.3. The highest BCUT2D eigenvalue weighted by molar-refractivity contribution is 6.15. The van der Waals surface area contributed by atoms with Gasteiger partial charge in [0.25, 0.3) is 0 Å². The Morgan fingerprint density at radius 3 is 2.16 bits per heavy atom. The van der Waals surface area contributed by atoms with Crippen LogP contribution in [0.4, 0.5) is 0 Å². The van der Waals surface area contributed by atoms with Crippen molar-refractivity contribution in [1.29, 1.82) is 0 Å². The lowest BCUT2D eigenvalue weighted by Crippen LogP contribution is -2.14. The molecule has 1 aliphatic rings. The molecule has 0 aliphatic heterocycles. The van der Waals surface area contributed by atoms with Gasteiger partial charge in [-0.3, -0.25) is 0 Å². The second kappa shape index (κ2) is 10.3.